The van der Waals surface area contributed by atoms with Crippen molar-refractivity contribution in [1.29, 1.82) is 0 Å². The van der Waals surface area contributed by atoms with Crippen molar-refractivity contribution in [3.63, 3.8) is 0 Å². The summed E-state index contributed by atoms with van der Waals surface area (Å²) in [6.07, 6.45) is -3.49. The Morgan fingerprint density at radius 1 is 1.21 bits per heavy atom. The normalized spacial score (nSPS) is 12.3. The molecule has 1 heterocycles. The van der Waals surface area contributed by atoms with E-state index in [2.05, 4.69) is 20.9 Å². The quantitative estimate of drug-likeness (QED) is 0.602. The lowest BCUT2D eigenvalue weighted by atomic mass is 10.2. The van der Waals surface area contributed by atoms with Crippen LogP contribution in [0.2, 0.25) is 10.0 Å². The third-order valence-electron chi connectivity index (χ3n) is 3.03. The first-order valence-electron chi connectivity index (χ1n) is 6.11. The second-order valence-electron chi connectivity index (χ2n) is 4.58. The first kappa shape index (κ1) is 19.3. The van der Waals surface area contributed by atoms with Crippen LogP contribution in [0.1, 0.15) is 5.56 Å². The second-order valence-corrected chi connectivity index (χ2v) is 8.14. The summed E-state index contributed by atoms with van der Waals surface area (Å²) < 4.78 is 65.0. The molecule has 0 aliphatic carbocycles. The van der Waals surface area contributed by atoms with Gasteiger partial charge in [0.15, 0.2) is 0 Å². The molecule has 0 aliphatic heterocycles. The largest absolute Gasteiger partial charge is 0.417 e. The number of halogens is 6. The van der Waals surface area contributed by atoms with Gasteiger partial charge in [-0.2, -0.15) is 13.2 Å². The number of sulfonamides is 1. The van der Waals surface area contributed by atoms with Crippen LogP contribution >= 0.6 is 39.1 Å². The van der Waals surface area contributed by atoms with Crippen molar-refractivity contribution in [3.8, 4) is 0 Å². The summed E-state index contributed by atoms with van der Waals surface area (Å²) in [5.41, 5.74) is -1.16. The van der Waals surface area contributed by atoms with Gasteiger partial charge in [-0.3, -0.25) is 4.31 Å². The number of rotatable bonds is 3. The molecular formula is C13H8BrCl2F3N2O2S. The van der Waals surface area contributed by atoms with Gasteiger partial charge in [0.25, 0.3) is 10.0 Å². The number of aromatic nitrogens is 1. The van der Waals surface area contributed by atoms with Gasteiger partial charge in [0.1, 0.15) is 4.60 Å². The Kier molecular flexibility index (Phi) is 5.39. The number of nitrogens with zero attached hydrogens (tertiary/aromatic N) is 2. The van der Waals surface area contributed by atoms with Crippen molar-refractivity contribution >= 4 is 54.8 Å². The van der Waals surface area contributed by atoms with Crippen LogP contribution in [-0.4, -0.2) is 20.4 Å². The van der Waals surface area contributed by atoms with Crippen LogP contribution in [0.25, 0.3) is 0 Å². The Bertz CT molecular complexity index is 891. The van der Waals surface area contributed by atoms with E-state index in [1.807, 2.05) is 0 Å². The Balaban J connectivity index is 2.57. The number of hydrogen-bond acceptors (Lipinski definition) is 3. The predicted molar refractivity (Wildman–Crippen MR) is 89.0 cm³/mol. The molecule has 0 fully saturated rings. The third-order valence-corrected chi connectivity index (χ3v) is 5.94. The molecular weight excluding hydrogens is 456 g/mol. The summed E-state index contributed by atoms with van der Waals surface area (Å²) in [4.78, 5) is 3.29. The highest BCUT2D eigenvalue weighted by Crippen LogP contribution is 2.37. The number of anilines is 1. The van der Waals surface area contributed by atoms with E-state index < -0.39 is 31.7 Å². The van der Waals surface area contributed by atoms with E-state index in [4.69, 9.17) is 23.2 Å². The molecule has 1 aromatic heterocycles. The van der Waals surface area contributed by atoms with Gasteiger partial charge >= 0.3 is 6.18 Å². The highest BCUT2D eigenvalue weighted by molar-refractivity contribution is 9.10. The van der Waals surface area contributed by atoms with Gasteiger partial charge < -0.3 is 0 Å². The molecule has 2 rings (SSSR count). The Morgan fingerprint density at radius 3 is 2.42 bits per heavy atom. The smallest absolute Gasteiger partial charge is 0.267 e. The van der Waals surface area contributed by atoms with E-state index >= 15 is 0 Å². The molecule has 0 saturated heterocycles. The number of benzene rings is 1. The van der Waals surface area contributed by atoms with E-state index in [0.29, 0.717) is 6.07 Å². The van der Waals surface area contributed by atoms with Gasteiger partial charge in [-0.15, -0.1) is 0 Å². The van der Waals surface area contributed by atoms with E-state index in [1.54, 1.807) is 0 Å². The van der Waals surface area contributed by atoms with Crippen LogP contribution in [0.4, 0.5) is 18.9 Å². The van der Waals surface area contributed by atoms with Crippen LogP contribution in [0.3, 0.4) is 0 Å². The highest BCUT2D eigenvalue weighted by atomic mass is 79.9. The molecule has 0 radical (unpaired) electrons. The summed E-state index contributed by atoms with van der Waals surface area (Å²) in [5, 5.41) is -0.419. The standard InChI is InChI=1S/C13H8BrCl2F3N2O2S/c1-21(11-4-7(15)6-20-12(11)14)24(22,23)8-2-3-10(16)9(5-8)13(17,18)19/h2-6H,1H3. The summed E-state index contributed by atoms with van der Waals surface area (Å²) in [6, 6.07) is 3.68. The number of pyridine rings is 1. The average Bonchev–Trinajstić information content (AvgIpc) is 2.48. The first-order chi connectivity index (χ1) is 10.9. The topological polar surface area (TPSA) is 50.3 Å². The molecule has 0 N–H and O–H groups in total. The van der Waals surface area contributed by atoms with E-state index in [-0.39, 0.29) is 15.3 Å². The van der Waals surface area contributed by atoms with Crippen LogP contribution in [-0.2, 0) is 16.2 Å². The highest BCUT2D eigenvalue weighted by Gasteiger charge is 2.35. The van der Waals surface area contributed by atoms with Crippen molar-refractivity contribution in [2.75, 3.05) is 11.4 Å². The molecule has 0 amide bonds. The minimum Gasteiger partial charge on any atom is -0.267 e. The maximum atomic E-state index is 12.9. The molecule has 0 spiro atoms. The maximum Gasteiger partial charge on any atom is 0.417 e. The van der Waals surface area contributed by atoms with Crippen LogP contribution in [0.5, 0.6) is 0 Å². The molecule has 1 aromatic carbocycles. The van der Waals surface area contributed by atoms with Gasteiger partial charge in [-0.25, -0.2) is 13.4 Å². The fraction of sp³-hybridized carbons (Fsp3) is 0.154. The van der Waals surface area contributed by atoms with E-state index in [9.17, 15) is 21.6 Å². The van der Waals surface area contributed by atoms with Crippen molar-refractivity contribution in [3.05, 3.63) is 50.7 Å². The van der Waals surface area contributed by atoms with Gasteiger partial charge in [0, 0.05) is 13.2 Å². The molecule has 0 saturated carbocycles. The summed E-state index contributed by atoms with van der Waals surface area (Å²) in [6.45, 7) is 0. The third kappa shape index (κ3) is 3.79. The molecule has 0 bridgehead atoms. The second kappa shape index (κ2) is 6.70. The van der Waals surface area contributed by atoms with Crippen LogP contribution in [0.15, 0.2) is 40.0 Å². The Labute approximate surface area is 154 Å². The zero-order valence-corrected chi connectivity index (χ0v) is 15.7. The van der Waals surface area contributed by atoms with Crippen LogP contribution in [0, 0.1) is 0 Å². The molecule has 2 aromatic rings. The molecule has 4 nitrogen and oxygen atoms in total. The summed E-state index contributed by atoms with van der Waals surface area (Å²) in [7, 11) is -3.11. The molecule has 130 valence electrons. The molecule has 0 unspecified atom stereocenters. The first-order valence-corrected chi connectivity index (χ1v) is 9.10. The lowest BCUT2D eigenvalue weighted by molar-refractivity contribution is -0.137. The lowest BCUT2D eigenvalue weighted by Crippen LogP contribution is -2.27. The van der Waals surface area contributed by atoms with Crippen molar-refractivity contribution in [1.82, 2.24) is 4.98 Å². The predicted octanol–water partition coefficient (Wildman–Crippen LogP) is 4.99. The zero-order valence-electron chi connectivity index (χ0n) is 11.8. The van der Waals surface area contributed by atoms with E-state index in [0.717, 1.165) is 16.4 Å². The number of alkyl halides is 3. The molecule has 24 heavy (non-hydrogen) atoms. The average molecular weight is 464 g/mol. The van der Waals surface area contributed by atoms with E-state index in [1.165, 1.54) is 19.3 Å². The van der Waals surface area contributed by atoms with Crippen molar-refractivity contribution in [2.24, 2.45) is 0 Å². The molecule has 0 aliphatic rings. The molecule has 0 atom stereocenters. The fourth-order valence-electron chi connectivity index (χ4n) is 1.80. The fourth-order valence-corrected chi connectivity index (χ4v) is 4.00. The van der Waals surface area contributed by atoms with Gasteiger partial charge in [0.2, 0.25) is 0 Å². The minimum atomic E-state index is -4.78. The van der Waals surface area contributed by atoms with Gasteiger partial charge in [-0.05, 0) is 40.2 Å². The SMILES string of the molecule is CN(c1cc(Cl)cnc1Br)S(=O)(=O)c1ccc(Cl)c(C(F)(F)F)c1. The Morgan fingerprint density at radius 2 is 1.83 bits per heavy atom. The number of hydrogen-bond donors (Lipinski definition) is 0. The molecule has 11 heteroatoms. The van der Waals surface area contributed by atoms with Gasteiger partial charge in [0.05, 0.1) is 26.2 Å². The Hall–Kier alpha value is -1.03. The lowest BCUT2D eigenvalue weighted by Gasteiger charge is -2.21. The van der Waals surface area contributed by atoms with Crippen molar-refractivity contribution < 1.29 is 21.6 Å². The summed E-state index contributed by atoms with van der Waals surface area (Å²) >= 11 is 14.4. The summed E-state index contributed by atoms with van der Waals surface area (Å²) in [5.74, 6) is 0. The van der Waals surface area contributed by atoms with Gasteiger partial charge in [-0.1, -0.05) is 23.2 Å². The monoisotopic (exact) mass is 462 g/mol. The van der Waals surface area contributed by atoms with Crippen LogP contribution < -0.4 is 4.31 Å². The van der Waals surface area contributed by atoms with Crippen molar-refractivity contribution in [2.45, 2.75) is 11.1 Å². The maximum absolute atomic E-state index is 12.9. The zero-order chi connectivity index (χ0) is 18.3. The minimum absolute atomic E-state index is 0.0750.